The predicted octanol–water partition coefficient (Wildman–Crippen LogP) is 3.91. The molecule has 2 rings (SSSR count). The molecule has 1 aromatic carbocycles. The lowest BCUT2D eigenvalue weighted by Crippen LogP contribution is -2.36. The van der Waals surface area contributed by atoms with Crippen LogP contribution in [-0.4, -0.2) is 33.1 Å². The number of alkyl carbamates (subject to hydrolysis) is 1. The number of nitrogens with one attached hydrogen (secondary N) is 1. The Bertz CT molecular complexity index is 743. The van der Waals surface area contributed by atoms with Gasteiger partial charge in [-0.15, -0.1) is 0 Å². The zero-order valence-corrected chi connectivity index (χ0v) is 16.6. The first-order valence-electron chi connectivity index (χ1n) is 7.77. The van der Waals surface area contributed by atoms with Gasteiger partial charge in [0, 0.05) is 11.6 Å². The van der Waals surface area contributed by atoms with Gasteiger partial charge in [0.1, 0.15) is 10.2 Å². The molecule has 0 spiro atoms. The minimum atomic E-state index is -0.588. The number of hydrogen-bond acceptors (Lipinski definition) is 4. The van der Waals surface area contributed by atoms with Crippen LogP contribution in [0.25, 0.3) is 0 Å². The second-order valence-electron chi connectivity index (χ2n) is 6.48. The van der Waals surface area contributed by atoms with E-state index in [4.69, 9.17) is 16.3 Å². The van der Waals surface area contributed by atoms with Crippen molar-refractivity contribution < 1.29 is 14.6 Å². The maximum atomic E-state index is 12.0. The zero-order chi connectivity index (χ0) is 18.6. The van der Waals surface area contributed by atoms with E-state index in [0.29, 0.717) is 15.3 Å². The Morgan fingerprint density at radius 2 is 2.12 bits per heavy atom. The van der Waals surface area contributed by atoms with E-state index in [9.17, 15) is 9.90 Å². The maximum Gasteiger partial charge on any atom is 0.407 e. The highest BCUT2D eigenvalue weighted by Gasteiger charge is 2.23. The molecule has 1 heterocycles. The summed E-state index contributed by atoms with van der Waals surface area (Å²) in [5.74, 6) is 0. The van der Waals surface area contributed by atoms with Crippen molar-refractivity contribution in [2.24, 2.45) is 0 Å². The Morgan fingerprint density at radius 3 is 2.72 bits per heavy atom. The van der Waals surface area contributed by atoms with E-state index >= 15 is 0 Å². The molecule has 1 amide bonds. The van der Waals surface area contributed by atoms with Crippen molar-refractivity contribution in [3.8, 4) is 0 Å². The molecule has 2 aromatic rings. The van der Waals surface area contributed by atoms with Crippen LogP contribution in [0.5, 0.6) is 0 Å². The SMILES string of the molecule is CC(C)(C)OC(=O)NCC(c1ccccc1Cl)n1nc(Br)cc1CO. The smallest absolute Gasteiger partial charge is 0.407 e. The molecule has 1 aromatic heterocycles. The average Bonchev–Trinajstić information content (AvgIpc) is 2.88. The lowest BCUT2D eigenvalue weighted by atomic mass is 10.1. The summed E-state index contributed by atoms with van der Waals surface area (Å²) in [4.78, 5) is 12.0. The summed E-state index contributed by atoms with van der Waals surface area (Å²) in [7, 11) is 0. The Labute approximate surface area is 160 Å². The van der Waals surface area contributed by atoms with Gasteiger partial charge in [-0.2, -0.15) is 5.10 Å². The standard InChI is InChI=1S/C17H21BrClN3O3/c1-17(2,3)25-16(24)20-9-14(12-6-4-5-7-13(12)19)22-11(10-23)8-15(18)21-22/h4-8,14,23H,9-10H2,1-3H3,(H,20,24). The third-order valence-corrected chi connectivity index (χ3v) is 4.08. The largest absolute Gasteiger partial charge is 0.444 e. The van der Waals surface area contributed by atoms with Crippen molar-refractivity contribution in [3.05, 3.63) is 51.2 Å². The summed E-state index contributed by atoms with van der Waals surface area (Å²) in [5, 5.41) is 17.3. The molecule has 0 saturated carbocycles. The molecule has 1 unspecified atom stereocenters. The Morgan fingerprint density at radius 1 is 1.44 bits per heavy atom. The number of aliphatic hydroxyl groups is 1. The number of ether oxygens (including phenoxy) is 1. The number of amides is 1. The molecule has 0 aliphatic heterocycles. The number of carbonyl (C=O) groups excluding carboxylic acids is 1. The second kappa shape index (κ2) is 8.21. The van der Waals surface area contributed by atoms with Crippen molar-refractivity contribution in [2.75, 3.05) is 6.54 Å². The van der Waals surface area contributed by atoms with Gasteiger partial charge in [-0.25, -0.2) is 4.79 Å². The van der Waals surface area contributed by atoms with Crippen LogP contribution in [0.15, 0.2) is 34.9 Å². The highest BCUT2D eigenvalue weighted by atomic mass is 79.9. The van der Waals surface area contributed by atoms with Gasteiger partial charge in [0.05, 0.1) is 18.3 Å². The normalized spacial score (nSPS) is 12.7. The van der Waals surface area contributed by atoms with Gasteiger partial charge < -0.3 is 15.2 Å². The van der Waals surface area contributed by atoms with Crippen LogP contribution in [0.3, 0.4) is 0 Å². The monoisotopic (exact) mass is 429 g/mol. The van der Waals surface area contributed by atoms with Gasteiger partial charge >= 0.3 is 6.09 Å². The number of rotatable bonds is 5. The Hall–Kier alpha value is -1.57. The van der Waals surface area contributed by atoms with E-state index in [1.54, 1.807) is 37.6 Å². The van der Waals surface area contributed by atoms with Crippen LogP contribution in [0.4, 0.5) is 4.79 Å². The lowest BCUT2D eigenvalue weighted by molar-refractivity contribution is 0.0521. The second-order valence-corrected chi connectivity index (χ2v) is 7.70. The first-order valence-corrected chi connectivity index (χ1v) is 8.94. The molecule has 8 heteroatoms. The van der Waals surface area contributed by atoms with Crippen molar-refractivity contribution in [1.29, 1.82) is 0 Å². The Balaban J connectivity index is 2.30. The number of aromatic nitrogens is 2. The molecular weight excluding hydrogens is 410 g/mol. The van der Waals surface area contributed by atoms with Gasteiger partial charge in [-0.05, 0) is 54.4 Å². The van der Waals surface area contributed by atoms with Crippen molar-refractivity contribution in [2.45, 2.75) is 39.0 Å². The lowest BCUT2D eigenvalue weighted by Gasteiger charge is -2.24. The number of carbonyl (C=O) groups is 1. The summed E-state index contributed by atoms with van der Waals surface area (Å²) < 4.78 is 7.51. The molecular formula is C17H21BrClN3O3. The van der Waals surface area contributed by atoms with Crippen LogP contribution in [0.1, 0.15) is 38.1 Å². The maximum absolute atomic E-state index is 12.0. The Kier molecular flexibility index (Phi) is 6.48. The first-order chi connectivity index (χ1) is 11.7. The van der Waals surface area contributed by atoms with E-state index in [2.05, 4.69) is 26.3 Å². The first kappa shape index (κ1) is 19.8. The number of benzene rings is 1. The minimum Gasteiger partial charge on any atom is -0.444 e. The molecule has 0 fully saturated rings. The van der Waals surface area contributed by atoms with Crippen LogP contribution in [0, 0.1) is 0 Å². The van der Waals surface area contributed by atoms with Gasteiger partial charge in [0.2, 0.25) is 0 Å². The van der Waals surface area contributed by atoms with E-state index in [1.165, 1.54) is 0 Å². The molecule has 25 heavy (non-hydrogen) atoms. The summed E-state index contributed by atoms with van der Waals surface area (Å²) in [6.07, 6.45) is -0.527. The predicted molar refractivity (Wildman–Crippen MR) is 99.7 cm³/mol. The van der Waals surface area contributed by atoms with Crippen LogP contribution >= 0.6 is 27.5 Å². The van der Waals surface area contributed by atoms with E-state index in [1.807, 2.05) is 18.2 Å². The van der Waals surface area contributed by atoms with Gasteiger partial charge in [0.15, 0.2) is 0 Å². The average molecular weight is 431 g/mol. The highest BCUT2D eigenvalue weighted by molar-refractivity contribution is 9.10. The third-order valence-electron chi connectivity index (χ3n) is 3.34. The van der Waals surface area contributed by atoms with Crippen molar-refractivity contribution in [1.82, 2.24) is 15.1 Å². The minimum absolute atomic E-state index is 0.189. The third kappa shape index (κ3) is 5.45. The number of aliphatic hydroxyl groups excluding tert-OH is 1. The number of hydrogen-bond donors (Lipinski definition) is 2. The molecule has 1 atom stereocenters. The molecule has 6 nitrogen and oxygen atoms in total. The number of nitrogens with zero attached hydrogens (tertiary/aromatic N) is 2. The molecule has 136 valence electrons. The molecule has 0 aliphatic carbocycles. The van der Waals surface area contributed by atoms with Crippen molar-refractivity contribution >= 4 is 33.6 Å². The highest BCUT2D eigenvalue weighted by Crippen LogP contribution is 2.27. The fraction of sp³-hybridized carbons (Fsp3) is 0.412. The quantitative estimate of drug-likeness (QED) is 0.754. The zero-order valence-electron chi connectivity index (χ0n) is 14.3. The fourth-order valence-corrected chi connectivity index (χ4v) is 3.05. The summed E-state index contributed by atoms with van der Waals surface area (Å²) in [6.45, 7) is 5.41. The van der Waals surface area contributed by atoms with Crippen molar-refractivity contribution in [3.63, 3.8) is 0 Å². The fourth-order valence-electron chi connectivity index (χ4n) is 2.36. The molecule has 2 N–H and O–H groups in total. The summed E-state index contributed by atoms with van der Waals surface area (Å²) in [5.41, 5.74) is 0.794. The van der Waals surface area contributed by atoms with E-state index in [-0.39, 0.29) is 13.2 Å². The van der Waals surface area contributed by atoms with Gasteiger partial charge in [-0.3, -0.25) is 4.68 Å². The number of halogens is 2. The summed E-state index contributed by atoms with van der Waals surface area (Å²) in [6, 6.07) is 8.65. The van der Waals surface area contributed by atoms with E-state index in [0.717, 1.165) is 5.56 Å². The van der Waals surface area contributed by atoms with Crippen LogP contribution < -0.4 is 5.32 Å². The molecule has 0 radical (unpaired) electrons. The summed E-state index contributed by atoms with van der Waals surface area (Å²) >= 11 is 9.65. The van der Waals surface area contributed by atoms with E-state index < -0.39 is 17.7 Å². The molecule has 0 aliphatic rings. The molecule has 0 bridgehead atoms. The van der Waals surface area contributed by atoms with Crippen LogP contribution in [-0.2, 0) is 11.3 Å². The molecule has 0 saturated heterocycles. The topological polar surface area (TPSA) is 76.4 Å². The van der Waals surface area contributed by atoms with Crippen LogP contribution in [0.2, 0.25) is 5.02 Å². The van der Waals surface area contributed by atoms with Gasteiger partial charge in [-0.1, -0.05) is 29.8 Å². The van der Waals surface area contributed by atoms with Gasteiger partial charge in [0.25, 0.3) is 0 Å².